The van der Waals surface area contributed by atoms with E-state index >= 15 is 0 Å². The van der Waals surface area contributed by atoms with Crippen molar-refractivity contribution >= 4 is 23.1 Å². The third-order valence-corrected chi connectivity index (χ3v) is 5.28. The van der Waals surface area contributed by atoms with Gasteiger partial charge in [-0.3, -0.25) is 4.79 Å². The van der Waals surface area contributed by atoms with Gasteiger partial charge in [0.1, 0.15) is 12.4 Å². The number of H-pyrrole nitrogens is 1. The SMILES string of the molecule is C=C/C=C(\C(=C)C(=C)/C=C\C(=C)Cn1c(CCCC)nc(Cl)c1COC(=O)CC)c1nn[nH]n1. The molecule has 0 aliphatic carbocycles. The predicted molar refractivity (Wildman–Crippen MR) is 135 cm³/mol. The molecular weight excluding hydrogens is 452 g/mol. The van der Waals surface area contributed by atoms with Gasteiger partial charge in [0.2, 0.25) is 5.82 Å². The van der Waals surface area contributed by atoms with Gasteiger partial charge in [0.25, 0.3) is 0 Å². The second kappa shape index (κ2) is 13.3. The van der Waals surface area contributed by atoms with E-state index in [1.165, 1.54) is 0 Å². The van der Waals surface area contributed by atoms with Crippen LogP contribution in [0.15, 0.2) is 67.3 Å². The lowest BCUT2D eigenvalue weighted by atomic mass is 9.99. The molecule has 0 spiro atoms. The summed E-state index contributed by atoms with van der Waals surface area (Å²) in [5.41, 5.74) is 3.39. The molecule has 0 saturated heterocycles. The Kier molecular flexibility index (Phi) is 10.4. The number of ether oxygens (including phenoxy) is 1. The van der Waals surface area contributed by atoms with E-state index in [0.29, 0.717) is 46.4 Å². The molecule has 8 nitrogen and oxygen atoms in total. The van der Waals surface area contributed by atoms with Crippen LogP contribution in [0.2, 0.25) is 5.15 Å². The van der Waals surface area contributed by atoms with E-state index in [2.05, 4.69) is 58.8 Å². The second-order valence-corrected chi connectivity index (χ2v) is 7.87. The van der Waals surface area contributed by atoms with Crippen molar-refractivity contribution in [3.8, 4) is 0 Å². The lowest BCUT2D eigenvalue weighted by Gasteiger charge is -2.13. The summed E-state index contributed by atoms with van der Waals surface area (Å²) in [6.45, 7) is 20.5. The van der Waals surface area contributed by atoms with Crippen molar-refractivity contribution < 1.29 is 9.53 Å². The molecule has 0 saturated carbocycles. The molecule has 2 aromatic heterocycles. The van der Waals surface area contributed by atoms with Crippen molar-refractivity contribution in [3.05, 3.63) is 89.8 Å². The number of rotatable bonds is 14. The minimum Gasteiger partial charge on any atom is -0.459 e. The van der Waals surface area contributed by atoms with Gasteiger partial charge in [-0.15, -0.1) is 10.2 Å². The smallest absolute Gasteiger partial charge is 0.305 e. The van der Waals surface area contributed by atoms with E-state index in [0.717, 1.165) is 30.7 Å². The summed E-state index contributed by atoms with van der Waals surface area (Å²) in [6.07, 6.45) is 10.1. The molecule has 0 aliphatic rings. The maximum Gasteiger partial charge on any atom is 0.305 e. The molecule has 0 radical (unpaired) electrons. The maximum atomic E-state index is 11.7. The number of aromatic amines is 1. The highest BCUT2D eigenvalue weighted by Gasteiger charge is 2.17. The quantitative estimate of drug-likeness (QED) is 0.288. The topological polar surface area (TPSA) is 98.6 Å². The van der Waals surface area contributed by atoms with Gasteiger partial charge >= 0.3 is 5.97 Å². The number of aryl methyl sites for hydroxylation is 1. The average molecular weight is 483 g/mol. The zero-order valence-electron chi connectivity index (χ0n) is 19.8. The van der Waals surface area contributed by atoms with Crippen molar-refractivity contribution in [3.63, 3.8) is 0 Å². The van der Waals surface area contributed by atoms with Gasteiger partial charge < -0.3 is 9.30 Å². The van der Waals surface area contributed by atoms with E-state index in [9.17, 15) is 4.79 Å². The Labute approximate surface area is 205 Å². The van der Waals surface area contributed by atoms with Crippen molar-refractivity contribution in [1.29, 1.82) is 0 Å². The average Bonchev–Trinajstić information content (AvgIpc) is 3.46. The molecule has 2 heterocycles. The number of esters is 1. The Morgan fingerprint density at radius 1 is 1.24 bits per heavy atom. The molecule has 0 bridgehead atoms. The van der Waals surface area contributed by atoms with Crippen LogP contribution in [-0.4, -0.2) is 36.1 Å². The van der Waals surface area contributed by atoms with Crippen LogP contribution in [0, 0.1) is 0 Å². The number of hydrogen-bond acceptors (Lipinski definition) is 6. The van der Waals surface area contributed by atoms with Crippen LogP contribution in [0.25, 0.3) is 5.57 Å². The van der Waals surface area contributed by atoms with Crippen LogP contribution in [-0.2, 0) is 29.1 Å². The van der Waals surface area contributed by atoms with E-state index < -0.39 is 0 Å². The van der Waals surface area contributed by atoms with Crippen molar-refractivity contribution in [2.24, 2.45) is 0 Å². The van der Waals surface area contributed by atoms with Crippen LogP contribution in [0.1, 0.15) is 50.5 Å². The molecule has 0 fully saturated rings. The number of halogens is 1. The van der Waals surface area contributed by atoms with E-state index in [1.54, 1.807) is 19.1 Å². The van der Waals surface area contributed by atoms with E-state index in [-0.39, 0.29) is 12.6 Å². The van der Waals surface area contributed by atoms with Crippen LogP contribution >= 0.6 is 11.6 Å². The van der Waals surface area contributed by atoms with Gasteiger partial charge in [0.05, 0.1) is 5.69 Å². The Balaban J connectivity index is 2.19. The van der Waals surface area contributed by atoms with Crippen LogP contribution in [0.4, 0.5) is 0 Å². The number of imidazole rings is 1. The molecule has 0 aromatic carbocycles. The van der Waals surface area contributed by atoms with Gasteiger partial charge in [-0.25, -0.2) is 4.98 Å². The summed E-state index contributed by atoms with van der Waals surface area (Å²) < 4.78 is 7.29. The van der Waals surface area contributed by atoms with Gasteiger partial charge in [0, 0.05) is 25.0 Å². The fourth-order valence-corrected chi connectivity index (χ4v) is 3.31. The zero-order valence-corrected chi connectivity index (χ0v) is 20.6. The van der Waals surface area contributed by atoms with Gasteiger partial charge in [-0.05, 0) is 28.4 Å². The number of nitrogens with one attached hydrogen (secondary N) is 1. The van der Waals surface area contributed by atoms with Crippen LogP contribution in [0.5, 0.6) is 0 Å². The number of tetrazole rings is 1. The first-order chi connectivity index (χ1) is 16.3. The zero-order chi connectivity index (χ0) is 25.1. The van der Waals surface area contributed by atoms with E-state index in [1.807, 2.05) is 16.7 Å². The number of carbonyl (C=O) groups is 1. The highest BCUT2D eigenvalue weighted by Crippen LogP contribution is 2.25. The molecule has 0 atom stereocenters. The summed E-state index contributed by atoms with van der Waals surface area (Å²) in [6, 6.07) is 0. The summed E-state index contributed by atoms with van der Waals surface area (Å²) in [7, 11) is 0. The Hall–Kier alpha value is -3.52. The highest BCUT2D eigenvalue weighted by atomic mass is 35.5. The lowest BCUT2D eigenvalue weighted by Crippen LogP contribution is -2.12. The molecule has 0 aliphatic heterocycles. The molecule has 2 rings (SSSR count). The number of carbonyl (C=O) groups excluding carboxylic acids is 1. The predicted octanol–water partition coefficient (Wildman–Crippen LogP) is 5.34. The minimum absolute atomic E-state index is 0.0611. The molecule has 180 valence electrons. The lowest BCUT2D eigenvalue weighted by molar-refractivity contribution is -0.144. The van der Waals surface area contributed by atoms with Gasteiger partial charge in [0.15, 0.2) is 5.15 Å². The number of allylic oxidation sites excluding steroid dienone is 8. The minimum atomic E-state index is -0.294. The van der Waals surface area contributed by atoms with Gasteiger partial charge in [-0.2, -0.15) is 5.21 Å². The van der Waals surface area contributed by atoms with E-state index in [4.69, 9.17) is 16.3 Å². The highest BCUT2D eigenvalue weighted by molar-refractivity contribution is 6.30. The molecular formula is C25H31ClN6O2. The van der Waals surface area contributed by atoms with Crippen molar-refractivity contribution in [2.75, 3.05) is 0 Å². The fraction of sp³-hybridized carbons (Fsp3) is 0.320. The molecule has 0 amide bonds. The first-order valence-corrected chi connectivity index (χ1v) is 11.4. The Morgan fingerprint density at radius 2 is 2.00 bits per heavy atom. The molecule has 34 heavy (non-hydrogen) atoms. The molecule has 2 aromatic rings. The summed E-state index contributed by atoms with van der Waals surface area (Å²) in [5, 5.41) is 14.4. The number of aromatic nitrogens is 6. The fourth-order valence-electron chi connectivity index (χ4n) is 3.06. The second-order valence-electron chi connectivity index (χ2n) is 7.52. The summed E-state index contributed by atoms with van der Waals surface area (Å²) in [5.74, 6) is 0.941. The van der Waals surface area contributed by atoms with Crippen LogP contribution in [0.3, 0.4) is 0 Å². The molecule has 0 unspecified atom stereocenters. The molecule has 9 heteroatoms. The van der Waals surface area contributed by atoms with Crippen molar-refractivity contribution in [1.82, 2.24) is 30.2 Å². The standard InChI is InChI=1S/C25H31ClN6O2/c1-7-10-12-22-27-24(26)21(16-34-23(33)9-3)32(22)15-17(4)13-14-18(5)19(6)20(11-8-2)25-28-30-31-29-25/h8,11,13-14H,2,4-7,9-10,12,15-16H2,1,3H3,(H,28,29,30,31)/b14-13-,20-11+. The third-order valence-electron chi connectivity index (χ3n) is 4.98. The van der Waals surface area contributed by atoms with Crippen molar-refractivity contribution in [2.45, 2.75) is 52.7 Å². The normalized spacial score (nSPS) is 11.6. The maximum absolute atomic E-state index is 11.7. The summed E-state index contributed by atoms with van der Waals surface area (Å²) >= 11 is 6.39. The number of nitrogens with zero attached hydrogens (tertiary/aromatic N) is 5. The Morgan fingerprint density at radius 3 is 2.62 bits per heavy atom. The first kappa shape index (κ1) is 26.7. The Bertz CT molecular complexity index is 1110. The monoisotopic (exact) mass is 482 g/mol. The molecule has 1 N–H and O–H groups in total. The largest absolute Gasteiger partial charge is 0.459 e. The summed E-state index contributed by atoms with van der Waals surface area (Å²) in [4.78, 5) is 16.2. The number of unbranched alkanes of at least 4 members (excludes halogenated alkanes) is 1. The van der Waals surface area contributed by atoms with Crippen LogP contribution < -0.4 is 0 Å². The third kappa shape index (κ3) is 7.25. The number of hydrogen-bond donors (Lipinski definition) is 1. The van der Waals surface area contributed by atoms with Gasteiger partial charge in [-0.1, -0.05) is 82.5 Å². The first-order valence-electron chi connectivity index (χ1n) is 11.0.